The lowest BCUT2D eigenvalue weighted by Crippen LogP contribution is -2.50. The molecule has 3 fully saturated rings. The van der Waals surface area contributed by atoms with Crippen LogP contribution in [0.3, 0.4) is 0 Å². The summed E-state index contributed by atoms with van der Waals surface area (Å²) >= 11 is 0. The second-order valence-electron chi connectivity index (χ2n) is 7.83. The van der Waals surface area contributed by atoms with Crippen molar-refractivity contribution in [2.75, 3.05) is 13.1 Å². The van der Waals surface area contributed by atoms with Crippen molar-refractivity contribution in [3.8, 4) is 0 Å². The Balaban J connectivity index is 1.67. The van der Waals surface area contributed by atoms with Gasteiger partial charge in [-0.15, -0.1) is 0 Å². The Kier molecular flexibility index (Phi) is 5.04. The fourth-order valence-electron chi connectivity index (χ4n) is 5.50. The number of rotatable bonds is 4. The van der Waals surface area contributed by atoms with Crippen LogP contribution < -0.4 is 5.73 Å². The third kappa shape index (κ3) is 3.06. The summed E-state index contributed by atoms with van der Waals surface area (Å²) in [5.74, 6) is 2.80. The molecule has 1 heterocycles. The van der Waals surface area contributed by atoms with Crippen LogP contribution in [0.1, 0.15) is 71.1 Å². The van der Waals surface area contributed by atoms with E-state index in [0.717, 1.165) is 30.3 Å². The highest BCUT2D eigenvalue weighted by Gasteiger charge is 2.39. The average Bonchev–Trinajstić information content (AvgIpc) is 3.10. The lowest BCUT2D eigenvalue weighted by Gasteiger charge is -2.42. The van der Waals surface area contributed by atoms with Gasteiger partial charge in [0.1, 0.15) is 0 Å². The van der Waals surface area contributed by atoms with Gasteiger partial charge in [-0.05, 0) is 62.8 Å². The molecule has 0 bridgehead atoms. The minimum absolute atomic E-state index is 0.686. The maximum absolute atomic E-state index is 6.25. The monoisotopic (exact) mass is 278 g/mol. The third-order valence-corrected chi connectivity index (χ3v) is 6.47. The predicted octanol–water partition coefficient (Wildman–Crippen LogP) is 3.79. The molecule has 0 aromatic carbocycles. The highest BCUT2D eigenvalue weighted by Crippen LogP contribution is 2.40. The Bertz CT molecular complexity index is 298. The molecule has 2 aliphatic carbocycles. The summed E-state index contributed by atoms with van der Waals surface area (Å²) in [6.07, 6.45) is 14.5. The summed E-state index contributed by atoms with van der Waals surface area (Å²) in [5.41, 5.74) is 6.25. The number of nitrogens with zero attached hydrogens (tertiary/aromatic N) is 1. The lowest BCUT2D eigenvalue weighted by atomic mass is 9.77. The second-order valence-corrected chi connectivity index (χ2v) is 7.83. The molecule has 2 N–H and O–H groups in total. The molecular weight excluding hydrogens is 244 g/mol. The zero-order valence-electron chi connectivity index (χ0n) is 13.4. The molecule has 116 valence electrons. The maximum atomic E-state index is 6.25. The quantitative estimate of drug-likeness (QED) is 0.847. The van der Waals surface area contributed by atoms with Crippen LogP contribution in [-0.4, -0.2) is 30.1 Å². The van der Waals surface area contributed by atoms with Crippen LogP contribution in [0.25, 0.3) is 0 Å². The van der Waals surface area contributed by atoms with E-state index in [0.29, 0.717) is 6.04 Å². The van der Waals surface area contributed by atoms with Gasteiger partial charge in [0.2, 0.25) is 0 Å². The number of nitrogens with two attached hydrogens (primary N) is 1. The van der Waals surface area contributed by atoms with Gasteiger partial charge in [0.15, 0.2) is 0 Å². The van der Waals surface area contributed by atoms with Gasteiger partial charge in [0.25, 0.3) is 0 Å². The van der Waals surface area contributed by atoms with Gasteiger partial charge in [-0.25, -0.2) is 0 Å². The van der Waals surface area contributed by atoms with Crippen LogP contribution >= 0.6 is 0 Å². The van der Waals surface area contributed by atoms with E-state index in [-0.39, 0.29) is 0 Å². The first kappa shape index (κ1) is 14.8. The number of hydrogen-bond donors (Lipinski definition) is 1. The fraction of sp³-hybridized carbons (Fsp3) is 1.00. The molecule has 1 aliphatic heterocycles. The van der Waals surface area contributed by atoms with E-state index in [1.165, 1.54) is 70.8 Å². The van der Waals surface area contributed by atoms with Crippen molar-refractivity contribution in [3.63, 3.8) is 0 Å². The molecule has 4 atom stereocenters. The summed E-state index contributed by atoms with van der Waals surface area (Å²) in [6, 6.07) is 1.56. The zero-order chi connectivity index (χ0) is 13.9. The van der Waals surface area contributed by atoms with E-state index < -0.39 is 0 Å². The van der Waals surface area contributed by atoms with Gasteiger partial charge in [-0.3, -0.25) is 4.90 Å². The molecule has 20 heavy (non-hydrogen) atoms. The van der Waals surface area contributed by atoms with Crippen molar-refractivity contribution < 1.29 is 0 Å². The number of likely N-dealkylation sites (tertiary alicyclic amines) is 1. The first-order valence-corrected chi connectivity index (χ1v) is 9.25. The maximum Gasteiger partial charge on any atom is 0.0249 e. The molecule has 3 aliphatic rings. The van der Waals surface area contributed by atoms with Crippen molar-refractivity contribution in [2.45, 2.75) is 83.2 Å². The summed E-state index contributed by atoms with van der Waals surface area (Å²) in [7, 11) is 0. The largest absolute Gasteiger partial charge is 0.329 e. The minimum atomic E-state index is 0.686. The Morgan fingerprint density at radius 2 is 1.80 bits per heavy atom. The molecule has 4 unspecified atom stereocenters. The van der Waals surface area contributed by atoms with E-state index >= 15 is 0 Å². The van der Waals surface area contributed by atoms with E-state index in [1.54, 1.807) is 0 Å². The second kappa shape index (κ2) is 6.79. The molecule has 1 saturated heterocycles. The van der Waals surface area contributed by atoms with Gasteiger partial charge in [-0.2, -0.15) is 0 Å². The molecule has 0 spiro atoms. The molecule has 0 amide bonds. The van der Waals surface area contributed by atoms with Gasteiger partial charge in [0.05, 0.1) is 0 Å². The summed E-state index contributed by atoms with van der Waals surface area (Å²) < 4.78 is 0. The smallest absolute Gasteiger partial charge is 0.0249 e. The Morgan fingerprint density at radius 1 is 1.00 bits per heavy atom. The molecule has 0 aromatic rings. The number of hydrogen-bond acceptors (Lipinski definition) is 2. The Morgan fingerprint density at radius 3 is 2.50 bits per heavy atom. The molecule has 2 saturated carbocycles. The normalized spacial score (nSPS) is 38.4. The van der Waals surface area contributed by atoms with E-state index in [9.17, 15) is 0 Å². The third-order valence-electron chi connectivity index (χ3n) is 6.47. The van der Waals surface area contributed by atoms with Crippen molar-refractivity contribution in [3.05, 3.63) is 0 Å². The highest BCUT2D eigenvalue weighted by atomic mass is 15.2. The van der Waals surface area contributed by atoms with E-state index in [1.807, 2.05) is 0 Å². The van der Waals surface area contributed by atoms with E-state index in [4.69, 9.17) is 5.73 Å². The first-order valence-electron chi connectivity index (χ1n) is 9.25. The van der Waals surface area contributed by atoms with Crippen molar-refractivity contribution >= 4 is 0 Å². The fourth-order valence-corrected chi connectivity index (χ4v) is 5.50. The molecule has 2 heteroatoms. The van der Waals surface area contributed by atoms with Crippen LogP contribution in [0, 0.1) is 17.8 Å². The van der Waals surface area contributed by atoms with Crippen molar-refractivity contribution in [2.24, 2.45) is 23.5 Å². The SMILES string of the molecule is CC1CCCC(C(CN)N2CCCC2C2CCCC2)C1. The standard InChI is InChI=1S/C18H34N2/c1-14-6-4-9-16(12-14)18(13-19)20-11-5-10-17(20)15-7-2-3-8-15/h14-18H,2-13,19H2,1H3. The molecular formula is C18H34N2. The van der Waals surface area contributed by atoms with Gasteiger partial charge in [-0.1, -0.05) is 32.6 Å². The molecule has 0 aromatic heterocycles. The lowest BCUT2D eigenvalue weighted by molar-refractivity contribution is 0.0740. The van der Waals surface area contributed by atoms with Crippen LogP contribution in [0.15, 0.2) is 0 Å². The summed E-state index contributed by atoms with van der Waals surface area (Å²) in [5, 5.41) is 0. The van der Waals surface area contributed by atoms with Crippen molar-refractivity contribution in [1.29, 1.82) is 0 Å². The topological polar surface area (TPSA) is 29.3 Å². The van der Waals surface area contributed by atoms with Crippen LogP contribution in [-0.2, 0) is 0 Å². The molecule has 3 rings (SSSR count). The summed E-state index contributed by atoms with van der Waals surface area (Å²) in [6.45, 7) is 4.66. The van der Waals surface area contributed by atoms with Crippen LogP contribution in [0.4, 0.5) is 0 Å². The molecule has 0 radical (unpaired) electrons. The van der Waals surface area contributed by atoms with E-state index in [2.05, 4.69) is 11.8 Å². The van der Waals surface area contributed by atoms with Gasteiger partial charge >= 0.3 is 0 Å². The zero-order valence-corrected chi connectivity index (χ0v) is 13.4. The predicted molar refractivity (Wildman–Crippen MR) is 85.7 cm³/mol. The Labute approximate surface area is 125 Å². The van der Waals surface area contributed by atoms with Gasteiger partial charge in [0, 0.05) is 18.6 Å². The molecule has 2 nitrogen and oxygen atoms in total. The van der Waals surface area contributed by atoms with Crippen LogP contribution in [0.5, 0.6) is 0 Å². The minimum Gasteiger partial charge on any atom is -0.329 e. The summed E-state index contributed by atoms with van der Waals surface area (Å²) in [4.78, 5) is 2.87. The van der Waals surface area contributed by atoms with Crippen LogP contribution in [0.2, 0.25) is 0 Å². The highest BCUT2D eigenvalue weighted by molar-refractivity contribution is 4.94. The average molecular weight is 278 g/mol. The van der Waals surface area contributed by atoms with Gasteiger partial charge < -0.3 is 5.73 Å². The van der Waals surface area contributed by atoms with Crippen molar-refractivity contribution in [1.82, 2.24) is 4.90 Å². The first-order chi connectivity index (χ1) is 9.79. The Hall–Kier alpha value is -0.0800.